The van der Waals surface area contributed by atoms with Gasteiger partial charge in [-0.05, 0) is 13.8 Å². The highest BCUT2D eigenvalue weighted by Crippen LogP contribution is 2.29. The molecule has 0 bridgehead atoms. The van der Waals surface area contributed by atoms with E-state index in [0.717, 1.165) is 0 Å². The maximum absolute atomic E-state index is 11.2. The maximum atomic E-state index is 11.2. The van der Waals surface area contributed by atoms with E-state index in [4.69, 9.17) is 9.47 Å². The molecule has 16 heavy (non-hydrogen) atoms. The van der Waals surface area contributed by atoms with Gasteiger partial charge in [-0.25, -0.2) is 0 Å². The monoisotopic (exact) mass is 257 g/mol. The van der Waals surface area contributed by atoms with E-state index < -0.39 is 33.0 Å². The van der Waals surface area contributed by atoms with Gasteiger partial charge in [0.05, 0.1) is 0 Å². The number of aliphatic hydroxyl groups is 2. The largest absolute Gasteiger partial charge is 0.703 e. The van der Waals surface area contributed by atoms with Gasteiger partial charge >= 0.3 is 8.25 Å². The highest BCUT2D eigenvalue weighted by Gasteiger charge is 2.34. The summed E-state index contributed by atoms with van der Waals surface area (Å²) in [6.45, 7) is 3.06. The van der Waals surface area contributed by atoms with E-state index in [1.807, 2.05) is 0 Å². The van der Waals surface area contributed by atoms with Crippen LogP contribution in [0.2, 0.25) is 0 Å². The van der Waals surface area contributed by atoms with Crippen LogP contribution in [0.4, 0.5) is 0 Å². The second kappa shape index (κ2) is 8.03. The van der Waals surface area contributed by atoms with E-state index >= 15 is 0 Å². The summed E-state index contributed by atoms with van der Waals surface area (Å²) in [5.41, 5.74) is 0. The molecule has 0 radical (unpaired) electrons. The number of methoxy groups -OCH3 is 2. The molecule has 0 aromatic heterocycles. The molecule has 0 fully saturated rings. The van der Waals surface area contributed by atoms with Gasteiger partial charge in [-0.2, -0.15) is 0 Å². The molecule has 0 spiro atoms. The van der Waals surface area contributed by atoms with Gasteiger partial charge < -0.3 is 19.7 Å². The summed E-state index contributed by atoms with van der Waals surface area (Å²) in [4.78, 5) is 0. The van der Waals surface area contributed by atoms with Crippen LogP contribution in [0.1, 0.15) is 13.8 Å². The first-order chi connectivity index (χ1) is 7.42. The van der Waals surface area contributed by atoms with Crippen LogP contribution in [0.3, 0.4) is 0 Å². The van der Waals surface area contributed by atoms with E-state index in [9.17, 15) is 14.8 Å². The lowest BCUT2D eigenvalue weighted by atomic mass is 10.4. The summed E-state index contributed by atoms with van der Waals surface area (Å²) in [6.07, 6.45) is -4.09. The van der Waals surface area contributed by atoms with Crippen molar-refractivity contribution in [1.82, 2.24) is 0 Å². The fourth-order valence-electron chi connectivity index (χ4n) is 0.605. The van der Waals surface area contributed by atoms with Gasteiger partial charge in [0.25, 0.3) is 0 Å². The van der Waals surface area contributed by atoms with E-state index in [1.54, 1.807) is 0 Å². The topological polar surface area (TPSA) is 94.5 Å². The average Bonchev–Trinajstić information content (AvgIpc) is 2.26. The van der Waals surface area contributed by atoms with Crippen LogP contribution in [0.5, 0.6) is 0 Å². The van der Waals surface area contributed by atoms with Crippen molar-refractivity contribution in [3.05, 3.63) is 0 Å². The van der Waals surface area contributed by atoms with Crippen molar-refractivity contribution in [3.63, 3.8) is 0 Å². The van der Waals surface area contributed by atoms with Gasteiger partial charge in [-0.15, -0.1) is 0 Å². The number of aliphatic hydroxyl groups excluding tert-OH is 2. The van der Waals surface area contributed by atoms with Crippen molar-refractivity contribution in [1.29, 1.82) is 0 Å². The molecule has 0 aliphatic rings. The Morgan fingerprint density at radius 2 is 1.25 bits per heavy atom. The van der Waals surface area contributed by atoms with Gasteiger partial charge in [0.15, 0.2) is 0 Å². The molecular weight excluding hydrogens is 239 g/mol. The Balaban J connectivity index is 3.99. The normalized spacial score (nSPS) is 20.0. The quantitative estimate of drug-likeness (QED) is 0.479. The average molecular weight is 257 g/mol. The Kier molecular flexibility index (Phi) is 7.96. The molecule has 0 aromatic rings. The zero-order valence-corrected chi connectivity index (χ0v) is 10.6. The van der Waals surface area contributed by atoms with E-state index in [0.29, 0.717) is 0 Å². The second-order valence-corrected chi connectivity index (χ2v) is 3.97. The first-order valence-electron chi connectivity index (χ1n) is 4.64. The van der Waals surface area contributed by atoms with Crippen LogP contribution in [0, 0.1) is 0 Å². The molecule has 4 unspecified atom stereocenters. The molecule has 0 aliphatic carbocycles. The fourth-order valence-corrected chi connectivity index (χ4v) is 1.35. The predicted molar refractivity (Wildman–Crippen MR) is 54.7 cm³/mol. The van der Waals surface area contributed by atoms with Crippen molar-refractivity contribution in [2.75, 3.05) is 14.2 Å². The molecule has 0 saturated carbocycles. The number of rotatable bonds is 8. The van der Waals surface area contributed by atoms with E-state index in [2.05, 4.69) is 9.05 Å². The van der Waals surface area contributed by atoms with Gasteiger partial charge in [0.1, 0.15) is 12.2 Å². The standard InChI is InChI=1S/C8H18O7P/c1-5(12-3)7(9)14-16(11)15-8(10)6(2)13-4/h5-10H,1-4H3/q+1. The first-order valence-corrected chi connectivity index (χ1v) is 5.74. The molecule has 0 aliphatic heterocycles. The lowest BCUT2D eigenvalue weighted by Crippen LogP contribution is -2.28. The molecule has 4 atom stereocenters. The molecule has 0 aromatic carbocycles. The van der Waals surface area contributed by atoms with Crippen LogP contribution >= 0.6 is 8.25 Å². The lowest BCUT2D eigenvalue weighted by Gasteiger charge is -2.13. The minimum atomic E-state index is -2.65. The Hall–Kier alpha value is -0.140. The van der Waals surface area contributed by atoms with Gasteiger partial charge in [0, 0.05) is 18.8 Å². The minimum Gasteiger partial charge on any atom is -0.376 e. The van der Waals surface area contributed by atoms with Crippen molar-refractivity contribution >= 4 is 8.25 Å². The zero-order chi connectivity index (χ0) is 12.7. The molecular formula is C8H18O7P+. The summed E-state index contributed by atoms with van der Waals surface area (Å²) >= 11 is 0. The molecule has 0 rings (SSSR count). The summed E-state index contributed by atoms with van der Waals surface area (Å²) < 4.78 is 29.8. The Morgan fingerprint density at radius 3 is 1.50 bits per heavy atom. The molecule has 0 saturated heterocycles. The molecule has 8 heteroatoms. The summed E-state index contributed by atoms with van der Waals surface area (Å²) in [5, 5.41) is 18.5. The lowest BCUT2D eigenvalue weighted by molar-refractivity contribution is -0.138. The highest BCUT2D eigenvalue weighted by molar-refractivity contribution is 7.33. The summed E-state index contributed by atoms with van der Waals surface area (Å²) in [6, 6.07) is 0. The van der Waals surface area contributed by atoms with Crippen molar-refractivity contribution in [2.24, 2.45) is 0 Å². The molecule has 0 amide bonds. The van der Waals surface area contributed by atoms with Crippen LogP contribution in [0.25, 0.3) is 0 Å². The number of hydrogen-bond acceptors (Lipinski definition) is 7. The van der Waals surface area contributed by atoms with Gasteiger partial charge in [-0.3, -0.25) is 0 Å². The predicted octanol–water partition coefficient (Wildman–Crippen LogP) is 0.384. The second-order valence-electron chi connectivity index (χ2n) is 3.10. The van der Waals surface area contributed by atoms with Crippen LogP contribution in [-0.4, -0.2) is 49.2 Å². The Bertz CT molecular complexity index is 193. The highest BCUT2D eigenvalue weighted by atomic mass is 31.1. The summed E-state index contributed by atoms with van der Waals surface area (Å²) in [7, 11) is 0.0904. The van der Waals surface area contributed by atoms with E-state index in [-0.39, 0.29) is 0 Å². The fraction of sp³-hybridized carbons (Fsp3) is 1.00. The van der Waals surface area contributed by atoms with Crippen LogP contribution in [-0.2, 0) is 23.1 Å². The van der Waals surface area contributed by atoms with Crippen molar-refractivity contribution in [2.45, 2.75) is 38.6 Å². The van der Waals surface area contributed by atoms with Crippen LogP contribution in [0.15, 0.2) is 0 Å². The smallest absolute Gasteiger partial charge is 0.376 e. The van der Waals surface area contributed by atoms with Crippen molar-refractivity contribution in [3.8, 4) is 0 Å². The third kappa shape index (κ3) is 5.81. The SMILES string of the molecule is COC(C)C(O)O[P+](=O)OC(O)C(C)OC. The van der Waals surface area contributed by atoms with Crippen LogP contribution < -0.4 is 0 Å². The molecule has 7 nitrogen and oxygen atoms in total. The zero-order valence-electron chi connectivity index (χ0n) is 9.69. The van der Waals surface area contributed by atoms with E-state index in [1.165, 1.54) is 28.1 Å². The van der Waals surface area contributed by atoms with Gasteiger partial charge in [0.2, 0.25) is 12.6 Å². The van der Waals surface area contributed by atoms with Gasteiger partial charge in [-0.1, -0.05) is 9.05 Å². The molecule has 0 heterocycles. The Morgan fingerprint density at radius 1 is 0.938 bits per heavy atom. The first kappa shape index (κ1) is 15.9. The minimum absolute atomic E-state index is 0.653. The number of ether oxygens (including phenoxy) is 2. The number of hydrogen-bond donors (Lipinski definition) is 2. The summed E-state index contributed by atoms with van der Waals surface area (Å²) in [5.74, 6) is 0. The Labute approximate surface area is 95.2 Å². The third-order valence-corrected chi connectivity index (χ3v) is 2.71. The third-order valence-electron chi connectivity index (χ3n) is 1.93. The molecule has 96 valence electrons. The van der Waals surface area contributed by atoms with Crippen molar-refractivity contribution < 1.29 is 33.3 Å². The molecule has 2 N–H and O–H groups in total. The maximum Gasteiger partial charge on any atom is 0.703 e.